The lowest BCUT2D eigenvalue weighted by Crippen LogP contribution is -2.58. The number of sulfonamides is 1. The van der Waals surface area contributed by atoms with Gasteiger partial charge >= 0.3 is 6.18 Å². The molecule has 3 N–H and O–H groups in total. The van der Waals surface area contributed by atoms with Gasteiger partial charge in [-0.25, -0.2) is 13.1 Å². The van der Waals surface area contributed by atoms with Crippen LogP contribution in [-0.4, -0.2) is 73.6 Å². The average molecular weight is 687 g/mol. The van der Waals surface area contributed by atoms with Crippen LogP contribution in [0.2, 0.25) is 5.02 Å². The van der Waals surface area contributed by atoms with Gasteiger partial charge in [0.1, 0.15) is 12.1 Å². The Kier molecular flexibility index (Phi) is 11.6. The molecule has 0 saturated carbocycles. The van der Waals surface area contributed by atoms with Gasteiger partial charge in [-0.1, -0.05) is 39.3 Å². The molecule has 0 spiro atoms. The van der Waals surface area contributed by atoms with Crippen molar-refractivity contribution in [2.24, 2.45) is 11.8 Å². The predicted octanol–water partition coefficient (Wildman–Crippen LogP) is 3.48. The van der Waals surface area contributed by atoms with Crippen molar-refractivity contribution < 1.29 is 45.6 Å². The minimum atomic E-state index is -5.16. The van der Waals surface area contributed by atoms with E-state index in [4.69, 9.17) is 11.6 Å². The van der Waals surface area contributed by atoms with Gasteiger partial charge in [0.15, 0.2) is 0 Å². The van der Waals surface area contributed by atoms with Crippen LogP contribution in [-0.2, 0) is 24.4 Å². The second-order valence-corrected chi connectivity index (χ2v) is 13.6. The Morgan fingerprint density at radius 3 is 1.85 bits per heavy atom. The fourth-order valence-electron chi connectivity index (χ4n) is 4.81. The van der Waals surface area contributed by atoms with Crippen molar-refractivity contribution in [2.75, 3.05) is 6.54 Å². The predicted molar refractivity (Wildman–Crippen MR) is 161 cm³/mol. The van der Waals surface area contributed by atoms with Crippen LogP contribution in [0.3, 0.4) is 0 Å². The number of rotatable bonds is 11. The third kappa shape index (κ3) is 8.84. The number of alkyl halides is 3. The number of carbonyl (C=O) groups excluding carboxylic acids is 5. The van der Waals surface area contributed by atoms with Crippen LogP contribution in [0.15, 0.2) is 53.4 Å². The third-order valence-corrected chi connectivity index (χ3v) is 8.94. The van der Waals surface area contributed by atoms with Gasteiger partial charge in [-0.3, -0.25) is 24.0 Å². The Morgan fingerprint density at radius 1 is 0.826 bits per heavy atom. The van der Waals surface area contributed by atoms with E-state index in [1.165, 1.54) is 67.3 Å². The summed E-state index contributed by atoms with van der Waals surface area (Å²) >= 11 is 5.78. The van der Waals surface area contributed by atoms with Crippen LogP contribution < -0.4 is 15.4 Å². The maximum Gasteiger partial charge on any atom is 0.452 e. The van der Waals surface area contributed by atoms with Crippen LogP contribution in [0.4, 0.5) is 13.2 Å². The first kappa shape index (κ1) is 36.5. The molecule has 250 valence electrons. The highest BCUT2D eigenvalue weighted by Crippen LogP contribution is 2.24. The van der Waals surface area contributed by atoms with Gasteiger partial charge in [0.25, 0.3) is 27.6 Å². The fraction of sp³-hybridized carbons (Fsp3) is 0.433. The van der Waals surface area contributed by atoms with E-state index in [9.17, 15) is 45.6 Å². The molecule has 2 aromatic carbocycles. The summed E-state index contributed by atoms with van der Waals surface area (Å²) in [4.78, 5) is 65.2. The van der Waals surface area contributed by atoms with E-state index in [2.05, 4.69) is 10.6 Å². The zero-order chi connectivity index (χ0) is 34.6. The maximum atomic E-state index is 13.6. The second kappa shape index (κ2) is 14.6. The van der Waals surface area contributed by atoms with E-state index in [0.29, 0.717) is 11.4 Å². The Balaban J connectivity index is 1.70. The normalized spacial score (nSPS) is 16.6. The summed E-state index contributed by atoms with van der Waals surface area (Å²) < 4.78 is 66.3. The van der Waals surface area contributed by atoms with E-state index in [1.807, 2.05) is 4.72 Å². The molecule has 3 atom stereocenters. The number of likely N-dealkylation sites (tertiary alicyclic amines) is 1. The topological polar surface area (TPSA) is 159 Å². The largest absolute Gasteiger partial charge is 0.452 e. The van der Waals surface area contributed by atoms with E-state index >= 15 is 0 Å². The van der Waals surface area contributed by atoms with E-state index < -0.39 is 75.6 Å². The minimum absolute atomic E-state index is 0.0386. The maximum absolute atomic E-state index is 13.6. The standard InChI is InChI=1S/C30H34ClF3N4O7S/c1-16(2)23(25(39)30(32,33)34)35-28(42)22-6-5-15-38(22)29(43)24(17(3)4)36-26(40)18-7-9-19(10-8-18)27(41)37-46(44,45)21-13-11-20(31)12-14-21/h7-14,16-17,22-24H,5-6,15H2,1-4H3,(H,35,42)(H,36,40)(H,37,41)/t22?,23?,24-/m0/s1. The summed E-state index contributed by atoms with van der Waals surface area (Å²) in [6.07, 6.45) is -4.63. The number of nitrogens with one attached hydrogen (secondary N) is 3. The van der Waals surface area contributed by atoms with Gasteiger partial charge in [0, 0.05) is 22.7 Å². The Hall–Kier alpha value is -3.98. The molecule has 11 nitrogen and oxygen atoms in total. The molecule has 2 aromatic rings. The first-order chi connectivity index (χ1) is 21.3. The molecule has 3 rings (SSSR count). The molecule has 2 unspecified atom stereocenters. The Morgan fingerprint density at radius 2 is 1.35 bits per heavy atom. The summed E-state index contributed by atoms with van der Waals surface area (Å²) in [5.41, 5.74) is -0.0306. The summed E-state index contributed by atoms with van der Waals surface area (Å²) in [6, 6.07) is 6.03. The highest BCUT2D eigenvalue weighted by atomic mass is 35.5. The molecule has 1 fully saturated rings. The van der Waals surface area contributed by atoms with Crippen LogP contribution in [0.5, 0.6) is 0 Å². The van der Waals surface area contributed by atoms with Crippen molar-refractivity contribution in [2.45, 2.75) is 69.7 Å². The molecule has 0 radical (unpaired) electrons. The molecule has 1 saturated heterocycles. The van der Waals surface area contributed by atoms with Crippen LogP contribution in [0.25, 0.3) is 0 Å². The average Bonchev–Trinajstić information content (AvgIpc) is 3.47. The Labute approximate surface area is 269 Å². The molecule has 1 aliphatic heterocycles. The molecule has 4 amide bonds. The van der Waals surface area contributed by atoms with Crippen molar-refractivity contribution in [1.82, 2.24) is 20.3 Å². The number of nitrogens with zero attached hydrogens (tertiary/aromatic N) is 1. The summed E-state index contributed by atoms with van der Waals surface area (Å²) in [7, 11) is -4.20. The van der Waals surface area contributed by atoms with E-state index in [1.54, 1.807) is 13.8 Å². The number of ketones is 1. The smallest absolute Gasteiger partial charge is 0.344 e. The molecule has 16 heteroatoms. The SMILES string of the molecule is CC(C)C(NC(=O)C1CCCN1C(=O)[C@@H](NC(=O)c1ccc(C(=O)NS(=O)(=O)c2ccc(Cl)cc2)cc1)C(C)C)C(=O)C(F)(F)F. The molecule has 0 aliphatic carbocycles. The summed E-state index contributed by atoms with van der Waals surface area (Å²) in [5.74, 6) is -6.62. The lowest BCUT2D eigenvalue weighted by Gasteiger charge is -2.32. The zero-order valence-electron chi connectivity index (χ0n) is 25.4. The van der Waals surface area contributed by atoms with Crippen LogP contribution in [0, 0.1) is 11.8 Å². The quantitative estimate of drug-likeness (QED) is 0.327. The van der Waals surface area contributed by atoms with Gasteiger partial charge in [-0.05, 0) is 73.2 Å². The van der Waals surface area contributed by atoms with Crippen molar-refractivity contribution in [3.05, 3.63) is 64.7 Å². The number of hydrogen-bond acceptors (Lipinski definition) is 7. The van der Waals surface area contributed by atoms with Gasteiger partial charge in [0.05, 0.1) is 10.9 Å². The summed E-state index contributed by atoms with van der Waals surface area (Å²) in [6.45, 7) is 6.13. The van der Waals surface area contributed by atoms with Gasteiger partial charge < -0.3 is 15.5 Å². The number of amides is 4. The van der Waals surface area contributed by atoms with Crippen molar-refractivity contribution >= 4 is 51.0 Å². The van der Waals surface area contributed by atoms with Gasteiger partial charge in [-0.2, -0.15) is 13.2 Å². The highest BCUT2D eigenvalue weighted by molar-refractivity contribution is 7.90. The van der Waals surface area contributed by atoms with Gasteiger partial charge in [0.2, 0.25) is 11.8 Å². The van der Waals surface area contributed by atoms with E-state index in [-0.39, 0.29) is 29.0 Å². The van der Waals surface area contributed by atoms with Crippen molar-refractivity contribution in [3.63, 3.8) is 0 Å². The molecule has 46 heavy (non-hydrogen) atoms. The lowest BCUT2D eigenvalue weighted by atomic mass is 9.98. The number of carbonyl (C=O) groups is 5. The number of hydrogen-bond donors (Lipinski definition) is 3. The molecule has 1 aliphatic rings. The minimum Gasteiger partial charge on any atom is -0.344 e. The molecule has 0 bridgehead atoms. The molecule has 0 aromatic heterocycles. The highest BCUT2D eigenvalue weighted by Gasteiger charge is 2.46. The number of halogens is 4. The monoisotopic (exact) mass is 686 g/mol. The fourth-order valence-corrected chi connectivity index (χ4v) is 5.91. The summed E-state index contributed by atoms with van der Waals surface area (Å²) in [5, 5.41) is 5.07. The van der Waals surface area contributed by atoms with Crippen molar-refractivity contribution in [1.29, 1.82) is 0 Å². The first-order valence-corrected chi connectivity index (χ1v) is 16.1. The lowest BCUT2D eigenvalue weighted by molar-refractivity contribution is -0.175. The van der Waals surface area contributed by atoms with Crippen molar-refractivity contribution in [3.8, 4) is 0 Å². The van der Waals surface area contributed by atoms with Gasteiger partial charge in [-0.15, -0.1) is 0 Å². The molecular formula is C30H34ClF3N4O7S. The number of Topliss-reactive ketones (excluding diaryl/α,β-unsaturated/α-hetero) is 1. The van der Waals surface area contributed by atoms with Crippen LogP contribution in [0.1, 0.15) is 61.3 Å². The Bertz CT molecular complexity index is 1580. The third-order valence-electron chi connectivity index (χ3n) is 7.34. The second-order valence-electron chi connectivity index (χ2n) is 11.4. The number of benzene rings is 2. The zero-order valence-corrected chi connectivity index (χ0v) is 26.9. The van der Waals surface area contributed by atoms with Crippen LogP contribution >= 0.6 is 11.6 Å². The molecule has 1 heterocycles. The van der Waals surface area contributed by atoms with E-state index in [0.717, 1.165) is 0 Å². The molecular weight excluding hydrogens is 653 g/mol. The first-order valence-electron chi connectivity index (χ1n) is 14.3.